The van der Waals surface area contributed by atoms with E-state index in [2.05, 4.69) is 20.5 Å². The van der Waals surface area contributed by atoms with Gasteiger partial charge in [0.1, 0.15) is 5.75 Å². The molecule has 0 spiro atoms. The number of nitrogens with zero attached hydrogens (tertiary/aromatic N) is 2. The lowest BCUT2D eigenvalue weighted by molar-refractivity contribution is -0.113. The first-order valence-corrected chi connectivity index (χ1v) is 7.89. The van der Waals surface area contributed by atoms with E-state index < -0.39 is 0 Å². The molecule has 0 unspecified atom stereocenters. The Balaban J connectivity index is 1.57. The Morgan fingerprint density at radius 3 is 2.61 bits per heavy atom. The van der Waals surface area contributed by atoms with Gasteiger partial charge in [-0.25, -0.2) is 4.98 Å². The first kappa shape index (κ1) is 15.1. The average molecular weight is 326 g/mol. The van der Waals surface area contributed by atoms with Crippen molar-refractivity contribution in [2.24, 2.45) is 0 Å². The maximum absolute atomic E-state index is 11.9. The van der Waals surface area contributed by atoms with Crippen molar-refractivity contribution in [3.63, 3.8) is 0 Å². The number of phenolic OH excluding ortho intramolecular Hbond substituents is 1. The molecule has 0 aliphatic rings. The summed E-state index contributed by atoms with van der Waals surface area (Å²) in [5.41, 5.74) is 1.58. The molecule has 0 aliphatic heterocycles. The Morgan fingerprint density at radius 2 is 1.87 bits per heavy atom. The summed E-state index contributed by atoms with van der Waals surface area (Å²) in [4.78, 5) is 16.2. The van der Waals surface area contributed by atoms with Gasteiger partial charge in [0.05, 0.1) is 5.75 Å². The minimum atomic E-state index is -0.114. The molecule has 1 aromatic heterocycles. The monoisotopic (exact) mass is 326 g/mol. The lowest BCUT2D eigenvalue weighted by Gasteiger charge is -2.02. The maximum Gasteiger partial charge on any atom is 0.234 e. The second kappa shape index (κ2) is 6.97. The standard InChI is InChI=1S/C16H14N4O2S/c21-13-8-6-11(7-9-13)15-18-16(20-19-15)23-10-14(22)17-12-4-2-1-3-5-12/h1-9,21H,10H2,(H,17,22)(H,18,19,20). The smallest absolute Gasteiger partial charge is 0.234 e. The molecule has 3 rings (SSSR count). The summed E-state index contributed by atoms with van der Waals surface area (Å²) in [6.45, 7) is 0. The van der Waals surface area contributed by atoms with Crippen LogP contribution >= 0.6 is 11.8 Å². The lowest BCUT2D eigenvalue weighted by Crippen LogP contribution is -2.13. The number of aromatic nitrogens is 3. The van der Waals surface area contributed by atoms with Crippen LogP contribution in [0.3, 0.4) is 0 Å². The predicted molar refractivity (Wildman–Crippen MR) is 89.3 cm³/mol. The minimum absolute atomic E-state index is 0.114. The van der Waals surface area contributed by atoms with E-state index in [9.17, 15) is 9.90 Å². The number of aromatic hydroxyl groups is 1. The summed E-state index contributed by atoms with van der Waals surface area (Å²) < 4.78 is 0. The van der Waals surface area contributed by atoms with E-state index in [1.165, 1.54) is 11.8 Å². The quantitative estimate of drug-likeness (QED) is 0.627. The van der Waals surface area contributed by atoms with Crippen LogP contribution in [-0.4, -0.2) is 31.9 Å². The number of carbonyl (C=O) groups is 1. The number of hydrogen-bond acceptors (Lipinski definition) is 5. The number of thioether (sulfide) groups is 1. The van der Waals surface area contributed by atoms with Crippen molar-refractivity contribution in [1.82, 2.24) is 15.2 Å². The highest BCUT2D eigenvalue weighted by atomic mass is 32.2. The molecule has 0 aliphatic carbocycles. The number of rotatable bonds is 5. The van der Waals surface area contributed by atoms with Crippen LogP contribution in [0.25, 0.3) is 11.4 Å². The normalized spacial score (nSPS) is 10.4. The molecular weight excluding hydrogens is 312 g/mol. The summed E-state index contributed by atoms with van der Waals surface area (Å²) >= 11 is 1.25. The largest absolute Gasteiger partial charge is 0.508 e. The molecule has 6 nitrogen and oxygen atoms in total. The number of phenols is 1. The number of para-hydroxylation sites is 1. The van der Waals surface area contributed by atoms with E-state index in [0.29, 0.717) is 11.0 Å². The number of carbonyl (C=O) groups excluding carboxylic acids is 1. The fourth-order valence-corrected chi connectivity index (χ4v) is 2.51. The second-order valence-corrected chi connectivity index (χ2v) is 5.66. The second-order valence-electron chi connectivity index (χ2n) is 4.72. The van der Waals surface area contributed by atoms with E-state index >= 15 is 0 Å². The van der Waals surface area contributed by atoms with Gasteiger partial charge in [-0.1, -0.05) is 30.0 Å². The summed E-state index contributed by atoms with van der Waals surface area (Å²) in [5, 5.41) is 19.5. The van der Waals surface area contributed by atoms with Crippen molar-refractivity contribution in [2.45, 2.75) is 5.16 Å². The molecule has 0 atom stereocenters. The van der Waals surface area contributed by atoms with Crippen molar-refractivity contribution < 1.29 is 9.90 Å². The van der Waals surface area contributed by atoms with E-state index in [4.69, 9.17) is 0 Å². The third-order valence-corrected chi connectivity index (χ3v) is 3.84. The highest BCUT2D eigenvalue weighted by Gasteiger charge is 2.09. The van der Waals surface area contributed by atoms with Crippen molar-refractivity contribution in [1.29, 1.82) is 0 Å². The highest BCUT2D eigenvalue weighted by Crippen LogP contribution is 2.21. The van der Waals surface area contributed by atoms with Crippen molar-refractivity contribution in [2.75, 3.05) is 11.1 Å². The Kier molecular flexibility index (Phi) is 4.58. The molecular formula is C16H14N4O2S. The van der Waals surface area contributed by atoms with Gasteiger partial charge in [-0.05, 0) is 36.4 Å². The Bertz CT molecular complexity index is 787. The molecule has 1 amide bonds. The van der Waals surface area contributed by atoms with Gasteiger partial charge in [-0.2, -0.15) is 0 Å². The molecule has 0 fully saturated rings. The van der Waals surface area contributed by atoms with Crippen LogP contribution in [-0.2, 0) is 4.79 Å². The predicted octanol–water partition coefficient (Wildman–Crippen LogP) is 2.91. The third kappa shape index (κ3) is 4.10. The van der Waals surface area contributed by atoms with Crippen LogP contribution in [0, 0.1) is 0 Å². The number of nitrogens with one attached hydrogen (secondary N) is 2. The van der Waals surface area contributed by atoms with Crippen molar-refractivity contribution in [3.8, 4) is 17.1 Å². The molecule has 0 saturated carbocycles. The van der Waals surface area contributed by atoms with E-state index in [1.54, 1.807) is 24.3 Å². The van der Waals surface area contributed by atoms with E-state index in [1.807, 2.05) is 30.3 Å². The van der Waals surface area contributed by atoms with E-state index in [-0.39, 0.29) is 17.4 Å². The minimum Gasteiger partial charge on any atom is -0.508 e. The number of aromatic amines is 1. The van der Waals surface area contributed by atoms with Gasteiger partial charge in [0, 0.05) is 11.3 Å². The zero-order valence-electron chi connectivity index (χ0n) is 12.1. The molecule has 23 heavy (non-hydrogen) atoms. The number of amides is 1. The zero-order valence-corrected chi connectivity index (χ0v) is 12.9. The SMILES string of the molecule is O=C(CSc1n[nH]c(-c2ccc(O)cc2)n1)Nc1ccccc1. The Hall–Kier alpha value is -2.80. The molecule has 3 aromatic rings. The Morgan fingerprint density at radius 1 is 1.13 bits per heavy atom. The van der Waals surface area contributed by atoms with Crippen LogP contribution in [0.4, 0.5) is 5.69 Å². The van der Waals surface area contributed by atoms with Gasteiger partial charge in [-0.3, -0.25) is 9.89 Å². The fraction of sp³-hybridized carbons (Fsp3) is 0.0625. The summed E-state index contributed by atoms with van der Waals surface area (Å²) in [7, 11) is 0. The molecule has 0 bridgehead atoms. The maximum atomic E-state index is 11.9. The molecule has 2 aromatic carbocycles. The molecule has 3 N–H and O–H groups in total. The van der Waals surface area contributed by atoms with Gasteiger partial charge in [0.2, 0.25) is 11.1 Å². The number of H-pyrrole nitrogens is 1. The summed E-state index contributed by atoms with van der Waals surface area (Å²) in [5.74, 6) is 0.899. The van der Waals surface area contributed by atoms with Crippen LogP contribution in [0.5, 0.6) is 5.75 Å². The van der Waals surface area contributed by atoms with Gasteiger partial charge < -0.3 is 10.4 Å². The molecule has 0 saturated heterocycles. The third-order valence-electron chi connectivity index (χ3n) is 3.00. The topological polar surface area (TPSA) is 90.9 Å². The zero-order chi connectivity index (χ0) is 16.1. The van der Waals surface area contributed by atoms with E-state index in [0.717, 1.165) is 11.3 Å². The number of anilines is 1. The average Bonchev–Trinajstić information content (AvgIpc) is 3.04. The van der Waals surface area contributed by atoms with Crippen LogP contribution < -0.4 is 5.32 Å². The van der Waals surface area contributed by atoms with Crippen LogP contribution in [0.2, 0.25) is 0 Å². The summed E-state index contributed by atoms with van der Waals surface area (Å²) in [6.07, 6.45) is 0. The molecule has 116 valence electrons. The number of benzene rings is 2. The highest BCUT2D eigenvalue weighted by molar-refractivity contribution is 7.99. The van der Waals surface area contributed by atoms with Gasteiger partial charge in [0.15, 0.2) is 5.82 Å². The van der Waals surface area contributed by atoms with Gasteiger partial charge >= 0.3 is 0 Å². The van der Waals surface area contributed by atoms with Crippen LogP contribution in [0.1, 0.15) is 0 Å². The Labute approximate surface area is 137 Å². The molecule has 0 radical (unpaired) electrons. The first-order valence-electron chi connectivity index (χ1n) is 6.90. The van der Waals surface area contributed by atoms with Crippen LogP contribution in [0.15, 0.2) is 59.8 Å². The fourth-order valence-electron chi connectivity index (χ4n) is 1.91. The number of hydrogen-bond donors (Lipinski definition) is 3. The lowest BCUT2D eigenvalue weighted by atomic mass is 10.2. The van der Waals surface area contributed by atoms with Crippen molar-refractivity contribution in [3.05, 3.63) is 54.6 Å². The van der Waals surface area contributed by atoms with Gasteiger partial charge in [-0.15, -0.1) is 5.10 Å². The molecule has 7 heteroatoms. The summed E-state index contributed by atoms with van der Waals surface area (Å²) in [6, 6.07) is 15.9. The van der Waals surface area contributed by atoms with Crippen molar-refractivity contribution >= 4 is 23.4 Å². The first-order chi connectivity index (χ1) is 11.2. The van der Waals surface area contributed by atoms with Gasteiger partial charge in [0.25, 0.3) is 0 Å². The molecule has 1 heterocycles.